The summed E-state index contributed by atoms with van der Waals surface area (Å²) >= 11 is 0. The first kappa shape index (κ1) is 22.7. The molecule has 0 atom stereocenters. The van der Waals surface area contributed by atoms with Crippen molar-refractivity contribution in [3.8, 4) is 11.6 Å². The Kier molecular flexibility index (Phi) is 6.60. The number of aryl methyl sites for hydroxylation is 1. The third-order valence-electron chi connectivity index (χ3n) is 5.49. The third-order valence-corrected chi connectivity index (χ3v) is 5.49. The van der Waals surface area contributed by atoms with Crippen molar-refractivity contribution in [1.29, 1.82) is 0 Å². The molecule has 0 fully saturated rings. The number of rotatable bonds is 8. The number of aromatic hydroxyl groups is 1. The van der Waals surface area contributed by atoms with E-state index in [2.05, 4.69) is 28.3 Å². The fourth-order valence-corrected chi connectivity index (χ4v) is 4.00. The van der Waals surface area contributed by atoms with Crippen molar-refractivity contribution < 1.29 is 23.0 Å². The van der Waals surface area contributed by atoms with Crippen LogP contribution in [0.3, 0.4) is 0 Å². The van der Waals surface area contributed by atoms with Gasteiger partial charge in [0.25, 0.3) is 0 Å². The van der Waals surface area contributed by atoms with E-state index in [1.807, 2.05) is 37.4 Å². The molecule has 0 unspecified atom stereocenters. The standard InChI is InChI=1S/C26H25F3N2O2/c1-18-13-21(15-30-12-11-19-5-3-2-4-6-19)14-22-17-31(25(32)24(18)22)16-20-7-9-23(10-8-20)33-26(27,28)29/h2-10,13-14,17,30,32H,11-12,15-16H2,1H3. The summed E-state index contributed by atoms with van der Waals surface area (Å²) in [5.74, 6) is -0.130. The minimum atomic E-state index is -4.72. The average Bonchev–Trinajstić information content (AvgIpc) is 3.08. The number of ether oxygens (including phenoxy) is 1. The van der Waals surface area contributed by atoms with Crippen LogP contribution in [-0.2, 0) is 19.5 Å². The van der Waals surface area contributed by atoms with E-state index in [9.17, 15) is 18.3 Å². The molecule has 0 saturated carbocycles. The predicted molar refractivity (Wildman–Crippen MR) is 122 cm³/mol. The zero-order chi connectivity index (χ0) is 23.4. The molecule has 7 heteroatoms. The Morgan fingerprint density at radius 2 is 1.67 bits per heavy atom. The summed E-state index contributed by atoms with van der Waals surface area (Å²) in [6.45, 7) is 3.87. The number of aromatic nitrogens is 1. The highest BCUT2D eigenvalue weighted by atomic mass is 19.4. The SMILES string of the molecule is Cc1cc(CNCCc2ccccc2)cc2cn(Cc3ccc(OC(F)(F)F)cc3)c(O)c12. The van der Waals surface area contributed by atoms with Crippen molar-refractivity contribution in [3.63, 3.8) is 0 Å². The summed E-state index contributed by atoms with van der Waals surface area (Å²) in [7, 11) is 0. The number of hydrogen-bond donors (Lipinski definition) is 2. The molecule has 0 bridgehead atoms. The van der Waals surface area contributed by atoms with Gasteiger partial charge in [-0.15, -0.1) is 13.2 Å². The first-order chi connectivity index (χ1) is 15.8. The lowest BCUT2D eigenvalue weighted by atomic mass is 10.1. The summed E-state index contributed by atoms with van der Waals surface area (Å²) in [6, 6.07) is 20.1. The monoisotopic (exact) mass is 454 g/mol. The molecule has 172 valence electrons. The topological polar surface area (TPSA) is 46.4 Å². The van der Waals surface area contributed by atoms with Crippen LogP contribution in [0.4, 0.5) is 13.2 Å². The molecule has 2 N–H and O–H groups in total. The molecule has 0 spiro atoms. The highest BCUT2D eigenvalue weighted by Crippen LogP contribution is 2.32. The molecule has 0 amide bonds. The molecule has 4 rings (SSSR count). The van der Waals surface area contributed by atoms with Gasteiger partial charge in [0.05, 0.1) is 6.54 Å². The van der Waals surface area contributed by atoms with E-state index in [1.165, 1.54) is 17.7 Å². The van der Waals surface area contributed by atoms with Crippen LogP contribution in [0.2, 0.25) is 0 Å². The quantitative estimate of drug-likeness (QED) is 0.324. The summed E-state index contributed by atoms with van der Waals surface area (Å²) in [5.41, 5.74) is 4.13. The van der Waals surface area contributed by atoms with Gasteiger partial charge in [-0.1, -0.05) is 48.5 Å². The van der Waals surface area contributed by atoms with Crippen LogP contribution in [0, 0.1) is 6.92 Å². The van der Waals surface area contributed by atoms with Crippen molar-refractivity contribution in [1.82, 2.24) is 9.88 Å². The van der Waals surface area contributed by atoms with E-state index in [1.54, 1.807) is 16.7 Å². The molecular weight excluding hydrogens is 429 g/mol. The van der Waals surface area contributed by atoms with Crippen LogP contribution in [0.15, 0.2) is 72.9 Å². The van der Waals surface area contributed by atoms with Crippen LogP contribution < -0.4 is 10.1 Å². The fourth-order valence-electron chi connectivity index (χ4n) is 4.00. The van der Waals surface area contributed by atoms with Crippen molar-refractivity contribution in [3.05, 3.63) is 95.2 Å². The number of halogens is 3. The Bertz CT molecular complexity index is 1220. The Labute approximate surface area is 190 Å². The number of fused-ring (bicyclic) bond motifs is 1. The van der Waals surface area contributed by atoms with E-state index in [0.717, 1.165) is 47.0 Å². The average molecular weight is 454 g/mol. The van der Waals surface area contributed by atoms with E-state index in [4.69, 9.17) is 0 Å². The molecule has 1 aromatic heterocycles. The van der Waals surface area contributed by atoms with Crippen LogP contribution in [0.1, 0.15) is 22.3 Å². The molecule has 33 heavy (non-hydrogen) atoms. The lowest BCUT2D eigenvalue weighted by Crippen LogP contribution is -2.17. The Hall–Kier alpha value is -3.45. The smallest absolute Gasteiger partial charge is 0.494 e. The van der Waals surface area contributed by atoms with Gasteiger partial charge in [-0.05, 0) is 60.3 Å². The maximum absolute atomic E-state index is 12.3. The number of benzene rings is 3. The molecule has 0 saturated heterocycles. The van der Waals surface area contributed by atoms with E-state index < -0.39 is 6.36 Å². The van der Waals surface area contributed by atoms with Crippen LogP contribution in [0.25, 0.3) is 10.8 Å². The Morgan fingerprint density at radius 1 is 0.939 bits per heavy atom. The van der Waals surface area contributed by atoms with Gasteiger partial charge in [0.15, 0.2) is 5.88 Å². The lowest BCUT2D eigenvalue weighted by Gasteiger charge is -2.10. The van der Waals surface area contributed by atoms with Crippen molar-refractivity contribution >= 4 is 10.8 Å². The fraction of sp³-hybridized carbons (Fsp3) is 0.231. The second-order valence-electron chi connectivity index (χ2n) is 8.06. The molecule has 3 aromatic carbocycles. The van der Waals surface area contributed by atoms with Gasteiger partial charge in [0, 0.05) is 23.5 Å². The molecule has 0 aliphatic carbocycles. The largest absolute Gasteiger partial charge is 0.573 e. The third kappa shape index (κ3) is 5.87. The Balaban J connectivity index is 1.43. The molecule has 0 aliphatic heterocycles. The van der Waals surface area contributed by atoms with Crippen LogP contribution in [0.5, 0.6) is 11.6 Å². The van der Waals surface area contributed by atoms with E-state index in [-0.39, 0.29) is 11.6 Å². The summed E-state index contributed by atoms with van der Waals surface area (Å²) in [4.78, 5) is 0. The molecule has 0 aliphatic rings. The number of nitrogens with one attached hydrogen (secondary N) is 1. The minimum Gasteiger partial charge on any atom is -0.494 e. The number of alkyl halides is 3. The van der Waals surface area contributed by atoms with Gasteiger partial charge in [0.2, 0.25) is 0 Å². The summed E-state index contributed by atoms with van der Waals surface area (Å²) < 4.78 is 42.6. The number of hydrogen-bond acceptors (Lipinski definition) is 3. The van der Waals surface area contributed by atoms with E-state index >= 15 is 0 Å². The van der Waals surface area contributed by atoms with Gasteiger partial charge >= 0.3 is 6.36 Å². The van der Waals surface area contributed by atoms with Crippen LogP contribution >= 0.6 is 0 Å². The zero-order valence-electron chi connectivity index (χ0n) is 18.2. The van der Waals surface area contributed by atoms with Crippen LogP contribution in [-0.4, -0.2) is 22.6 Å². The second kappa shape index (κ2) is 9.58. The maximum Gasteiger partial charge on any atom is 0.573 e. The van der Waals surface area contributed by atoms with Gasteiger partial charge in [0.1, 0.15) is 5.75 Å². The Morgan fingerprint density at radius 3 is 2.36 bits per heavy atom. The molecule has 1 heterocycles. The molecule has 0 radical (unpaired) electrons. The number of nitrogens with zero attached hydrogens (tertiary/aromatic N) is 1. The molecular formula is C26H25F3N2O2. The van der Waals surface area contributed by atoms with Gasteiger partial charge in [-0.2, -0.15) is 0 Å². The van der Waals surface area contributed by atoms with Crippen molar-refractivity contribution in [2.24, 2.45) is 0 Å². The second-order valence-corrected chi connectivity index (χ2v) is 8.06. The highest BCUT2D eigenvalue weighted by molar-refractivity contribution is 5.91. The first-order valence-electron chi connectivity index (χ1n) is 10.7. The van der Waals surface area contributed by atoms with Gasteiger partial charge in [-0.3, -0.25) is 0 Å². The summed E-state index contributed by atoms with van der Waals surface area (Å²) in [5, 5.41) is 15.9. The molecule has 4 aromatic rings. The van der Waals surface area contributed by atoms with Crippen molar-refractivity contribution in [2.75, 3.05) is 6.54 Å². The van der Waals surface area contributed by atoms with Gasteiger partial charge in [-0.25, -0.2) is 0 Å². The van der Waals surface area contributed by atoms with Crippen molar-refractivity contribution in [2.45, 2.75) is 32.8 Å². The first-order valence-corrected chi connectivity index (χ1v) is 10.7. The van der Waals surface area contributed by atoms with Gasteiger partial charge < -0.3 is 19.7 Å². The summed E-state index contributed by atoms with van der Waals surface area (Å²) in [6.07, 6.45) is -1.90. The molecule has 4 nitrogen and oxygen atoms in total. The normalized spacial score (nSPS) is 11.8. The predicted octanol–water partition coefficient (Wildman–Crippen LogP) is 5.93. The van der Waals surface area contributed by atoms with E-state index in [0.29, 0.717) is 6.54 Å². The zero-order valence-corrected chi connectivity index (χ0v) is 18.2. The highest BCUT2D eigenvalue weighted by Gasteiger charge is 2.30. The minimum absolute atomic E-state index is 0.140. The lowest BCUT2D eigenvalue weighted by molar-refractivity contribution is -0.274. The maximum atomic E-state index is 12.3.